The quantitative estimate of drug-likeness (QED) is 0.311. The first kappa shape index (κ1) is 15.0. The van der Waals surface area contributed by atoms with Gasteiger partial charge in [0.1, 0.15) is 5.84 Å². The molecule has 0 radical (unpaired) electrons. The van der Waals surface area contributed by atoms with E-state index in [2.05, 4.69) is 20.3 Å². The van der Waals surface area contributed by atoms with E-state index in [-0.39, 0.29) is 5.91 Å². The molecule has 2 aliphatic rings. The molecule has 8 heteroatoms. The highest BCUT2D eigenvalue weighted by Crippen LogP contribution is 2.34. The van der Waals surface area contributed by atoms with Crippen LogP contribution in [0.1, 0.15) is 20.8 Å². The summed E-state index contributed by atoms with van der Waals surface area (Å²) in [6.45, 7) is 5.45. The van der Waals surface area contributed by atoms with Crippen molar-refractivity contribution in [2.75, 3.05) is 0 Å². The van der Waals surface area contributed by atoms with Crippen LogP contribution in [-0.2, 0) is 4.79 Å². The van der Waals surface area contributed by atoms with Crippen molar-refractivity contribution in [1.29, 1.82) is 0 Å². The van der Waals surface area contributed by atoms with E-state index >= 15 is 0 Å². The van der Waals surface area contributed by atoms with Crippen molar-refractivity contribution >= 4 is 66.6 Å². The second kappa shape index (κ2) is 4.88. The Hall–Kier alpha value is -0.360. The third-order valence-electron chi connectivity index (χ3n) is 2.45. The largest absolute Gasteiger partial charge is 0.357 e. The number of nitrogens with one attached hydrogen (secondary N) is 1. The van der Waals surface area contributed by atoms with Crippen LogP contribution in [0.3, 0.4) is 0 Å². The minimum absolute atomic E-state index is 0.144. The van der Waals surface area contributed by atoms with Gasteiger partial charge < -0.3 is 10.4 Å². The zero-order valence-corrected chi connectivity index (χ0v) is 14.8. The van der Waals surface area contributed by atoms with Crippen LogP contribution in [-0.4, -0.2) is 30.3 Å². The molecule has 2 heterocycles. The highest BCUT2D eigenvalue weighted by atomic mass is 127. The van der Waals surface area contributed by atoms with Gasteiger partial charge in [0.2, 0.25) is 9.64 Å². The van der Waals surface area contributed by atoms with E-state index in [0.29, 0.717) is 21.1 Å². The molecule has 1 unspecified atom stereocenters. The molecule has 0 saturated heterocycles. The predicted molar refractivity (Wildman–Crippen MR) is 91.0 cm³/mol. The molecule has 2 rings (SSSR count). The standard InChI is InChI=1S/C11H12I2N4O2/c1-10(2,3)8(18)15-6-4-5-7(14-6)16-9(12)17-11(5,13)19/h4,19H,1-3H3,(H,14,15,16,17,18). The Kier molecular flexibility index (Phi) is 3.86. The molecule has 6 nitrogen and oxygen atoms in total. The lowest BCUT2D eigenvalue weighted by Gasteiger charge is -2.20. The average molecular weight is 486 g/mol. The number of nitrogens with zero attached hydrogens (tertiary/aromatic N) is 3. The number of hydrogen-bond donors (Lipinski definition) is 2. The summed E-state index contributed by atoms with van der Waals surface area (Å²) in [4.78, 5) is 24.3. The van der Waals surface area contributed by atoms with Gasteiger partial charge in [-0.2, -0.15) is 0 Å². The maximum absolute atomic E-state index is 11.9. The summed E-state index contributed by atoms with van der Waals surface area (Å²) in [6, 6.07) is 0. The smallest absolute Gasteiger partial charge is 0.241 e. The number of amides is 1. The molecule has 1 atom stereocenters. The zero-order chi connectivity index (χ0) is 14.4. The zero-order valence-electron chi connectivity index (χ0n) is 10.5. The Morgan fingerprint density at radius 2 is 2.05 bits per heavy atom. The third kappa shape index (κ3) is 3.21. The van der Waals surface area contributed by atoms with Crippen molar-refractivity contribution in [3.63, 3.8) is 0 Å². The summed E-state index contributed by atoms with van der Waals surface area (Å²) in [5.41, 5.74) is -0.0278. The fraction of sp³-hybridized carbons (Fsp3) is 0.455. The number of aliphatic hydroxyl groups is 1. The molecule has 19 heavy (non-hydrogen) atoms. The SMILES string of the molecule is CC(C)(C)C(=O)NC1=NC2=NC(I)=NC(O)(I)C2=C1. The first-order chi connectivity index (χ1) is 8.59. The van der Waals surface area contributed by atoms with E-state index < -0.39 is 9.15 Å². The first-order valence-corrected chi connectivity index (χ1v) is 7.63. The topological polar surface area (TPSA) is 86.4 Å². The number of rotatable bonds is 0. The van der Waals surface area contributed by atoms with Gasteiger partial charge in [0.25, 0.3) is 0 Å². The molecule has 0 aromatic heterocycles. The van der Waals surface area contributed by atoms with Crippen LogP contribution in [0.4, 0.5) is 0 Å². The molecule has 0 spiro atoms. The van der Waals surface area contributed by atoms with E-state index in [1.807, 2.05) is 66.0 Å². The number of fused-ring (bicyclic) bond motifs is 1. The molecule has 0 aliphatic carbocycles. The van der Waals surface area contributed by atoms with Gasteiger partial charge in [-0.1, -0.05) is 20.8 Å². The van der Waals surface area contributed by atoms with Crippen molar-refractivity contribution < 1.29 is 9.90 Å². The Morgan fingerprint density at radius 1 is 1.42 bits per heavy atom. The lowest BCUT2D eigenvalue weighted by molar-refractivity contribution is -0.126. The Bertz CT molecular complexity index is 568. The summed E-state index contributed by atoms with van der Waals surface area (Å²) in [5, 5.41) is 12.9. The number of carbonyl (C=O) groups excluding carboxylic acids is 1. The molecular weight excluding hydrogens is 474 g/mol. The molecule has 0 aromatic rings. The number of hydrogen-bond acceptors (Lipinski definition) is 5. The van der Waals surface area contributed by atoms with Gasteiger partial charge in [-0.05, 0) is 28.7 Å². The monoisotopic (exact) mass is 486 g/mol. The second-order valence-electron chi connectivity index (χ2n) is 5.16. The van der Waals surface area contributed by atoms with Gasteiger partial charge in [0.15, 0.2) is 9.68 Å². The fourth-order valence-electron chi connectivity index (χ4n) is 1.39. The number of amidine groups is 3. The molecule has 1 amide bonds. The average Bonchev–Trinajstić information content (AvgIpc) is 2.58. The normalized spacial score (nSPS) is 26.0. The van der Waals surface area contributed by atoms with Crippen molar-refractivity contribution in [2.45, 2.75) is 24.5 Å². The van der Waals surface area contributed by atoms with E-state index in [4.69, 9.17) is 0 Å². The van der Waals surface area contributed by atoms with E-state index in [0.717, 1.165) is 0 Å². The Morgan fingerprint density at radius 3 is 2.63 bits per heavy atom. The summed E-state index contributed by atoms with van der Waals surface area (Å²) in [5.74, 6) is 0.625. The van der Waals surface area contributed by atoms with Crippen molar-refractivity contribution in [3.05, 3.63) is 11.6 Å². The van der Waals surface area contributed by atoms with Crippen LogP contribution in [0.2, 0.25) is 0 Å². The third-order valence-corrected chi connectivity index (χ3v) is 3.76. The molecule has 0 bridgehead atoms. The summed E-state index contributed by atoms with van der Waals surface area (Å²) in [7, 11) is 0. The van der Waals surface area contributed by atoms with Gasteiger partial charge >= 0.3 is 0 Å². The number of alkyl halides is 1. The Labute approximate surface area is 137 Å². The Balaban J connectivity index is 2.26. The highest BCUT2D eigenvalue weighted by molar-refractivity contribution is 14.1. The van der Waals surface area contributed by atoms with Crippen LogP contribution in [0.15, 0.2) is 26.6 Å². The predicted octanol–water partition coefficient (Wildman–Crippen LogP) is 1.77. The maximum atomic E-state index is 11.9. The van der Waals surface area contributed by atoms with Crippen LogP contribution in [0.5, 0.6) is 0 Å². The highest BCUT2D eigenvalue weighted by Gasteiger charge is 2.38. The van der Waals surface area contributed by atoms with Crippen LogP contribution >= 0.6 is 45.2 Å². The fourth-order valence-corrected chi connectivity index (χ4v) is 3.05. The van der Waals surface area contributed by atoms with Crippen molar-refractivity contribution in [1.82, 2.24) is 5.32 Å². The molecule has 2 aliphatic heterocycles. The first-order valence-electron chi connectivity index (χ1n) is 5.47. The van der Waals surface area contributed by atoms with Gasteiger partial charge in [-0.15, -0.1) is 0 Å². The number of aliphatic imine (C=N–C) groups is 3. The molecule has 102 valence electrons. The lowest BCUT2D eigenvalue weighted by atomic mass is 9.96. The lowest BCUT2D eigenvalue weighted by Crippen LogP contribution is -2.37. The van der Waals surface area contributed by atoms with Crippen molar-refractivity contribution in [2.24, 2.45) is 20.4 Å². The molecule has 0 fully saturated rings. The van der Waals surface area contributed by atoms with Gasteiger partial charge in [0.05, 0.1) is 5.57 Å². The molecule has 0 aromatic carbocycles. The van der Waals surface area contributed by atoms with E-state index in [9.17, 15) is 9.90 Å². The molecular formula is C11H12I2N4O2. The van der Waals surface area contributed by atoms with Crippen LogP contribution in [0.25, 0.3) is 0 Å². The minimum Gasteiger partial charge on any atom is -0.357 e. The van der Waals surface area contributed by atoms with Crippen LogP contribution < -0.4 is 5.32 Å². The second-order valence-corrected chi connectivity index (χ2v) is 7.63. The van der Waals surface area contributed by atoms with Crippen molar-refractivity contribution in [3.8, 4) is 0 Å². The summed E-state index contributed by atoms with van der Waals surface area (Å²) < 4.78 is -0.961. The van der Waals surface area contributed by atoms with Crippen LogP contribution in [0, 0.1) is 5.41 Å². The van der Waals surface area contributed by atoms with Gasteiger partial charge in [-0.3, -0.25) is 4.79 Å². The van der Waals surface area contributed by atoms with E-state index in [1.165, 1.54) is 0 Å². The summed E-state index contributed by atoms with van der Waals surface area (Å²) in [6.07, 6.45) is 1.60. The molecule has 2 N–H and O–H groups in total. The number of carbonyl (C=O) groups is 1. The van der Waals surface area contributed by atoms with E-state index in [1.54, 1.807) is 6.08 Å². The van der Waals surface area contributed by atoms with Gasteiger partial charge in [0, 0.05) is 28.0 Å². The number of halogens is 2. The summed E-state index contributed by atoms with van der Waals surface area (Å²) >= 11 is 3.73. The minimum atomic E-state index is -1.39. The van der Waals surface area contributed by atoms with Gasteiger partial charge in [-0.25, -0.2) is 15.0 Å². The molecule has 0 saturated carbocycles. The maximum Gasteiger partial charge on any atom is 0.241 e.